The minimum absolute atomic E-state index is 0.518. The van der Waals surface area contributed by atoms with Crippen LogP contribution in [-0.4, -0.2) is 19.1 Å². The molecule has 1 aromatic rings. The van der Waals surface area contributed by atoms with E-state index in [1.807, 2.05) is 31.1 Å². The van der Waals surface area contributed by atoms with E-state index in [1.165, 1.54) is 0 Å². The zero-order chi connectivity index (χ0) is 8.43. The van der Waals surface area contributed by atoms with Crippen LogP contribution in [0, 0.1) is 0 Å². The van der Waals surface area contributed by atoms with Gasteiger partial charge in [0.2, 0.25) is 0 Å². The molecule has 0 radical (unpaired) electrons. The third-order valence-corrected chi connectivity index (χ3v) is 2.00. The summed E-state index contributed by atoms with van der Waals surface area (Å²) < 4.78 is 0.758. The number of hydrogen-bond acceptors (Lipinski definition) is 2. The molecule has 0 aliphatic heterocycles. The molecule has 0 fully saturated rings. The normalized spacial score (nSPS) is 9.82. The van der Waals surface area contributed by atoms with Crippen LogP contribution in [0.1, 0.15) is 0 Å². The fourth-order valence-electron chi connectivity index (χ4n) is 0.738. The Morgan fingerprint density at radius 1 is 1.45 bits per heavy atom. The zero-order valence-electron chi connectivity index (χ0n) is 6.31. The molecule has 0 N–H and O–H groups in total. The summed E-state index contributed by atoms with van der Waals surface area (Å²) in [5.41, 5.74) is 0.926. The Labute approximate surface area is 79.3 Å². The highest BCUT2D eigenvalue weighted by Gasteiger charge is 2.02. The Balaban J connectivity index is 3.09. The molecule has 4 heteroatoms. The quantitative estimate of drug-likeness (QED) is 0.696. The van der Waals surface area contributed by atoms with E-state index in [-0.39, 0.29) is 0 Å². The molecule has 0 unspecified atom stereocenters. The van der Waals surface area contributed by atoms with E-state index < -0.39 is 0 Å². The van der Waals surface area contributed by atoms with Gasteiger partial charge in [0.05, 0.1) is 5.69 Å². The Morgan fingerprint density at radius 2 is 2.09 bits per heavy atom. The van der Waals surface area contributed by atoms with Crippen LogP contribution in [-0.2, 0) is 0 Å². The van der Waals surface area contributed by atoms with Crippen LogP contribution in [0.5, 0.6) is 0 Å². The van der Waals surface area contributed by atoms with Gasteiger partial charge in [0.15, 0.2) is 5.15 Å². The van der Waals surface area contributed by atoms with Crippen LogP contribution in [0.15, 0.2) is 16.7 Å². The lowest BCUT2D eigenvalue weighted by atomic mass is 10.4. The first-order valence-corrected chi connectivity index (χ1v) is 4.27. The van der Waals surface area contributed by atoms with Crippen LogP contribution < -0.4 is 4.90 Å². The number of aromatic nitrogens is 1. The lowest BCUT2D eigenvalue weighted by Crippen LogP contribution is -2.09. The number of nitrogens with zero attached hydrogens (tertiary/aromatic N) is 2. The van der Waals surface area contributed by atoms with Gasteiger partial charge in [-0.25, -0.2) is 4.98 Å². The highest BCUT2D eigenvalue weighted by atomic mass is 79.9. The minimum Gasteiger partial charge on any atom is -0.375 e. The lowest BCUT2D eigenvalue weighted by molar-refractivity contribution is 1.10. The average molecular weight is 236 g/mol. The van der Waals surface area contributed by atoms with Crippen LogP contribution >= 0.6 is 27.5 Å². The van der Waals surface area contributed by atoms with Gasteiger partial charge in [0.1, 0.15) is 4.60 Å². The van der Waals surface area contributed by atoms with E-state index in [1.54, 1.807) is 0 Å². The molecular weight excluding hydrogens is 227 g/mol. The molecule has 0 saturated heterocycles. The van der Waals surface area contributed by atoms with Gasteiger partial charge < -0.3 is 4.90 Å². The van der Waals surface area contributed by atoms with Gasteiger partial charge in [-0.3, -0.25) is 0 Å². The standard InChI is InChI=1S/C7H8BrClN2/c1-11(2)5-3-4-6(8)10-7(5)9/h3-4H,1-2H3. The molecule has 0 bridgehead atoms. The molecule has 0 saturated carbocycles. The minimum atomic E-state index is 0.518. The van der Waals surface area contributed by atoms with E-state index in [4.69, 9.17) is 11.6 Å². The summed E-state index contributed by atoms with van der Waals surface area (Å²) in [5, 5.41) is 0.518. The van der Waals surface area contributed by atoms with Crippen molar-refractivity contribution in [2.45, 2.75) is 0 Å². The molecule has 0 atom stereocenters. The topological polar surface area (TPSA) is 16.1 Å². The SMILES string of the molecule is CN(C)c1ccc(Br)nc1Cl. The van der Waals surface area contributed by atoms with Gasteiger partial charge in [-0.05, 0) is 28.1 Å². The summed E-state index contributed by atoms with van der Waals surface area (Å²) in [4.78, 5) is 5.95. The third kappa shape index (κ3) is 2.07. The van der Waals surface area contributed by atoms with Crippen molar-refractivity contribution in [3.8, 4) is 0 Å². The van der Waals surface area contributed by atoms with E-state index >= 15 is 0 Å². The number of hydrogen-bond donors (Lipinski definition) is 0. The van der Waals surface area contributed by atoms with Crippen LogP contribution in [0.25, 0.3) is 0 Å². The first-order valence-electron chi connectivity index (χ1n) is 3.10. The maximum absolute atomic E-state index is 5.84. The molecule has 0 spiro atoms. The Morgan fingerprint density at radius 3 is 2.55 bits per heavy atom. The van der Waals surface area contributed by atoms with Gasteiger partial charge in [-0.1, -0.05) is 11.6 Å². The third-order valence-electron chi connectivity index (χ3n) is 1.28. The van der Waals surface area contributed by atoms with Gasteiger partial charge in [0.25, 0.3) is 0 Å². The molecule has 0 aliphatic carbocycles. The fourth-order valence-corrected chi connectivity index (χ4v) is 1.47. The number of anilines is 1. The summed E-state index contributed by atoms with van der Waals surface area (Å²) in [5.74, 6) is 0. The Bertz CT molecular complexity index is 263. The van der Waals surface area contributed by atoms with Gasteiger partial charge in [-0.15, -0.1) is 0 Å². The predicted molar refractivity (Wildman–Crippen MR) is 51.3 cm³/mol. The van der Waals surface area contributed by atoms with Crippen LogP contribution in [0.4, 0.5) is 5.69 Å². The van der Waals surface area contributed by atoms with Gasteiger partial charge in [-0.2, -0.15) is 0 Å². The largest absolute Gasteiger partial charge is 0.375 e. The van der Waals surface area contributed by atoms with Crippen molar-refractivity contribution in [2.24, 2.45) is 0 Å². The molecule has 1 rings (SSSR count). The summed E-state index contributed by atoms with van der Waals surface area (Å²) in [7, 11) is 3.85. The molecule has 0 aromatic carbocycles. The Hall–Kier alpha value is -0.280. The van der Waals surface area contributed by atoms with E-state index in [0.717, 1.165) is 10.3 Å². The molecule has 11 heavy (non-hydrogen) atoms. The van der Waals surface area contributed by atoms with Crippen molar-refractivity contribution >= 4 is 33.2 Å². The summed E-state index contributed by atoms with van der Waals surface area (Å²) in [6, 6.07) is 3.78. The smallest absolute Gasteiger partial charge is 0.153 e. The van der Waals surface area contributed by atoms with E-state index in [2.05, 4.69) is 20.9 Å². The second-order valence-electron chi connectivity index (χ2n) is 2.34. The second kappa shape index (κ2) is 3.41. The highest BCUT2D eigenvalue weighted by Crippen LogP contribution is 2.23. The first-order chi connectivity index (χ1) is 5.11. The van der Waals surface area contributed by atoms with Crippen molar-refractivity contribution in [3.63, 3.8) is 0 Å². The second-order valence-corrected chi connectivity index (χ2v) is 3.51. The predicted octanol–water partition coefficient (Wildman–Crippen LogP) is 2.56. The van der Waals surface area contributed by atoms with Crippen LogP contribution in [0.2, 0.25) is 5.15 Å². The maximum atomic E-state index is 5.84. The van der Waals surface area contributed by atoms with Gasteiger partial charge in [0, 0.05) is 14.1 Å². The van der Waals surface area contributed by atoms with Crippen molar-refractivity contribution in [1.29, 1.82) is 0 Å². The highest BCUT2D eigenvalue weighted by molar-refractivity contribution is 9.10. The maximum Gasteiger partial charge on any atom is 0.153 e. The molecule has 1 aromatic heterocycles. The summed E-state index contributed by atoms with van der Waals surface area (Å²) in [6.07, 6.45) is 0. The lowest BCUT2D eigenvalue weighted by Gasteiger charge is -2.12. The summed E-state index contributed by atoms with van der Waals surface area (Å²) >= 11 is 9.07. The average Bonchev–Trinajstić information content (AvgIpc) is 1.85. The molecule has 2 nitrogen and oxygen atoms in total. The van der Waals surface area contributed by atoms with Gasteiger partial charge >= 0.3 is 0 Å². The molecular formula is C7H8BrClN2. The number of pyridine rings is 1. The number of halogens is 2. The fraction of sp³-hybridized carbons (Fsp3) is 0.286. The van der Waals surface area contributed by atoms with Crippen molar-refractivity contribution in [3.05, 3.63) is 21.9 Å². The molecule has 1 heterocycles. The summed E-state index contributed by atoms with van der Waals surface area (Å²) in [6.45, 7) is 0. The monoisotopic (exact) mass is 234 g/mol. The first kappa shape index (κ1) is 8.81. The number of rotatable bonds is 1. The van der Waals surface area contributed by atoms with E-state index in [0.29, 0.717) is 5.15 Å². The Kier molecular flexibility index (Phi) is 2.73. The van der Waals surface area contributed by atoms with Crippen molar-refractivity contribution in [2.75, 3.05) is 19.0 Å². The van der Waals surface area contributed by atoms with Crippen molar-refractivity contribution in [1.82, 2.24) is 4.98 Å². The van der Waals surface area contributed by atoms with Crippen LogP contribution in [0.3, 0.4) is 0 Å². The molecule has 60 valence electrons. The van der Waals surface area contributed by atoms with Crippen molar-refractivity contribution < 1.29 is 0 Å². The molecule has 0 aliphatic rings. The zero-order valence-corrected chi connectivity index (χ0v) is 8.65. The van der Waals surface area contributed by atoms with E-state index in [9.17, 15) is 0 Å². The molecule has 0 amide bonds.